The van der Waals surface area contributed by atoms with Crippen molar-refractivity contribution in [1.29, 1.82) is 0 Å². The molecule has 0 saturated heterocycles. The molecule has 0 aliphatic heterocycles. The van der Waals surface area contributed by atoms with Gasteiger partial charge in [-0.05, 0) is 86.8 Å². The largest absolute Gasteiger partial charge is 0.386 e. The highest BCUT2D eigenvalue weighted by Crippen LogP contribution is 2.14. The van der Waals surface area contributed by atoms with Gasteiger partial charge in [-0.25, -0.2) is 4.39 Å². The predicted octanol–water partition coefficient (Wildman–Crippen LogP) is 8.51. The summed E-state index contributed by atoms with van der Waals surface area (Å²) in [4.78, 5) is 0. The Bertz CT molecular complexity index is 1010. The molecule has 1 radical (unpaired) electrons. The van der Waals surface area contributed by atoms with E-state index in [0.29, 0.717) is 6.04 Å². The van der Waals surface area contributed by atoms with E-state index in [4.69, 9.17) is 0 Å². The third-order valence-electron chi connectivity index (χ3n) is 6.93. The molecular formula is C34H46BFN. The van der Waals surface area contributed by atoms with Crippen LogP contribution in [0.15, 0.2) is 85.1 Å². The van der Waals surface area contributed by atoms with E-state index in [1.807, 2.05) is 12.1 Å². The second-order valence-corrected chi connectivity index (χ2v) is 10.1. The number of hydrogen-bond donors (Lipinski definition) is 1. The van der Waals surface area contributed by atoms with Crippen molar-refractivity contribution in [2.75, 3.05) is 0 Å². The number of aryl methyl sites for hydroxylation is 4. The summed E-state index contributed by atoms with van der Waals surface area (Å²) in [7, 11) is 2.14. The Morgan fingerprint density at radius 1 is 0.811 bits per heavy atom. The second kappa shape index (κ2) is 17.6. The molecule has 1 atom stereocenters. The number of hydrogen-bond acceptors (Lipinski definition) is 1. The highest BCUT2D eigenvalue weighted by atomic mass is 19.1. The van der Waals surface area contributed by atoms with E-state index in [1.54, 1.807) is 0 Å². The molecule has 0 aromatic heterocycles. The first-order valence-electron chi connectivity index (χ1n) is 14.0. The van der Waals surface area contributed by atoms with Gasteiger partial charge in [-0.15, -0.1) is 0 Å². The molecule has 0 spiro atoms. The van der Waals surface area contributed by atoms with Gasteiger partial charge >= 0.3 is 0 Å². The summed E-state index contributed by atoms with van der Waals surface area (Å²) in [6.07, 6.45) is 10.3. The van der Waals surface area contributed by atoms with Gasteiger partial charge in [0.1, 0.15) is 13.1 Å². The first kappa shape index (κ1) is 30.4. The van der Waals surface area contributed by atoms with Crippen LogP contribution in [-0.2, 0) is 12.8 Å². The van der Waals surface area contributed by atoms with Crippen LogP contribution in [0.25, 0.3) is 0 Å². The van der Waals surface area contributed by atoms with Crippen LogP contribution in [0.5, 0.6) is 0 Å². The van der Waals surface area contributed by atoms with Crippen molar-refractivity contribution in [3.8, 4) is 0 Å². The van der Waals surface area contributed by atoms with Crippen LogP contribution in [0.1, 0.15) is 74.1 Å². The molecule has 1 unspecified atom stereocenters. The lowest BCUT2D eigenvalue weighted by molar-refractivity contribution is 0.455. The minimum atomic E-state index is -0.176. The average Bonchev–Trinajstić information content (AvgIpc) is 2.90. The minimum absolute atomic E-state index is 0.176. The number of allylic oxidation sites excluding steroid dienone is 1. The number of benzene rings is 3. The highest BCUT2D eigenvalue weighted by Gasteiger charge is 2.08. The number of halogens is 1. The highest BCUT2D eigenvalue weighted by molar-refractivity contribution is 6.51. The monoisotopic (exact) mass is 498 g/mol. The Kier molecular flexibility index (Phi) is 14.5. The minimum Gasteiger partial charge on any atom is -0.386 e. The molecule has 197 valence electrons. The molecule has 37 heavy (non-hydrogen) atoms. The fourth-order valence-corrected chi connectivity index (χ4v) is 4.38. The van der Waals surface area contributed by atoms with Crippen molar-refractivity contribution < 1.29 is 4.39 Å². The first-order valence-corrected chi connectivity index (χ1v) is 14.0. The Morgan fingerprint density at radius 3 is 1.97 bits per heavy atom. The molecule has 0 bridgehead atoms. The zero-order valence-corrected chi connectivity index (χ0v) is 23.5. The van der Waals surface area contributed by atoms with Crippen LogP contribution in [0.3, 0.4) is 0 Å². The molecule has 0 aliphatic carbocycles. The summed E-state index contributed by atoms with van der Waals surface area (Å²) in [6, 6.07) is 24.6. The fraction of sp³-hybridized carbons (Fsp3) is 0.412. The first-order chi connectivity index (χ1) is 17.9. The predicted molar refractivity (Wildman–Crippen MR) is 161 cm³/mol. The molecule has 0 saturated carbocycles. The van der Waals surface area contributed by atoms with Crippen molar-refractivity contribution in [3.63, 3.8) is 0 Å². The van der Waals surface area contributed by atoms with E-state index < -0.39 is 0 Å². The van der Waals surface area contributed by atoms with Crippen LogP contribution in [0.2, 0.25) is 6.82 Å². The lowest BCUT2D eigenvalue weighted by Crippen LogP contribution is -2.28. The average molecular weight is 499 g/mol. The summed E-state index contributed by atoms with van der Waals surface area (Å²) in [5, 5.41) is 3.65. The topological polar surface area (TPSA) is 12.0 Å². The molecule has 0 amide bonds. The van der Waals surface area contributed by atoms with E-state index >= 15 is 0 Å². The zero-order chi connectivity index (χ0) is 26.9. The molecule has 3 aromatic carbocycles. The van der Waals surface area contributed by atoms with E-state index in [9.17, 15) is 4.39 Å². The summed E-state index contributed by atoms with van der Waals surface area (Å²) >= 11 is 0. The van der Waals surface area contributed by atoms with Crippen molar-refractivity contribution in [3.05, 3.63) is 113 Å². The van der Waals surface area contributed by atoms with Crippen molar-refractivity contribution in [2.45, 2.75) is 91.4 Å². The van der Waals surface area contributed by atoms with Crippen LogP contribution in [-0.4, -0.2) is 13.3 Å². The maximum absolute atomic E-state index is 13.0. The Morgan fingerprint density at radius 2 is 1.41 bits per heavy atom. The molecule has 3 rings (SSSR count). The van der Waals surface area contributed by atoms with Crippen molar-refractivity contribution in [1.82, 2.24) is 5.32 Å². The molecule has 1 nitrogen and oxygen atoms in total. The van der Waals surface area contributed by atoms with Gasteiger partial charge in [0.2, 0.25) is 0 Å². The molecular weight excluding hydrogens is 452 g/mol. The third kappa shape index (κ3) is 12.8. The summed E-state index contributed by atoms with van der Waals surface area (Å²) in [6.45, 7) is 12.8. The lowest BCUT2D eigenvalue weighted by Gasteiger charge is -2.21. The molecule has 3 aromatic rings. The molecule has 0 heterocycles. The van der Waals surface area contributed by atoms with Crippen LogP contribution in [0.4, 0.5) is 4.39 Å². The second-order valence-electron chi connectivity index (χ2n) is 10.1. The van der Waals surface area contributed by atoms with Gasteiger partial charge in [-0.3, -0.25) is 0 Å². The fourth-order valence-electron chi connectivity index (χ4n) is 4.38. The van der Waals surface area contributed by atoms with Crippen LogP contribution in [0, 0.1) is 19.7 Å². The zero-order valence-electron chi connectivity index (χ0n) is 23.5. The molecule has 0 aliphatic rings. The van der Waals surface area contributed by atoms with E-state index in [1.165, 1.54) is 79.2 Å². The maximum atomic E-state index is 13.0. The Hall–Kier alpha value is -2.81. The summed E-state index contributed by atoms with van der Waals surface area (Å²) in [5.74, 6) is -0.176. The van der Waals surface area contributed by atoms with Crippen molar-refractivity contribution in [2.24, 2.45) is 0 Å². The smallest absolute Gasteiger partial charge is 0.148 e. The number of nitrogens with one attached hydrogen (secondary N) is 1. The quantitative estimate of drug-likeness (QED) is 0.174. The van der Waals surface area contributed by atoms with Gasteiger partial charge < -0.3 is 5.32 Å². The molecule has 3 heteroatoms. The van der Waals surface area contributed by atoms with E-state index in [2.05, 4.69) is 95.3 Å². The van der Waals surface area contributed by atoms with Crippen molar-refractivity contribution >= 4 is 12.7 Å². The van der Waals surface area contributed by atoms with Gasteiger partial charge in [0.05, 0.1) is 0 Å². The summed E-state index contributed by atoms with van der Waals surface area (Å²) in [5.41, 5.74) is 7.72. The molecule has 1 N–H and O–H groups in total. The van der Waals surface area contributed by atoms with Gasteiger partial charge in [0.25, 0.3) is 0 Å². The summed E-state index contributed by atoms with van der Waals surface area (Å²) < 4.78 is 13.0. The maximum Gasteiger partial charge on any atom is 0.148 e. The number of unbranched alkanes of at least 4 members (excludes halogenated alkanes) is 2. The normalized spacial score (nSPS) is 11.3. The number of rotatable bonds is 14. The lowest BCUT2D eigenvalue weighted by atomic mass is 9.73. The van der Waals surface area contributed by atoms with Gasteiger partial charge in [-0.2, -0.15) is 0 Å². The SMILES string of the molecule is C=C(CCc1ccc(F)cc1)NC(CCC)CCCCCc1ccc([B]C)cc1.Cc1ccccc1C. The van der Waals surface area contributed by atoms with E-state index in [0.717, 1.165) is 24.1 Å². The standard InChI is InChI=1S/C26H36BFN.C8H10/c1-4-8-26(29-21(2)11-12-23-15-19-25(28)20-16-23)10-7-5-6-9-22-13-17-24(27-3)18-14-22;1-7-5-3-4-6-8(7)2/h13-20,26,29H,2,4-12H2,1,3H3;3-6H,1-2H3. The van der Waals surface area contributed by atoms with Gasteiger partial charge in [0.15, 0.2) is 0 Å². The van der Waals surface area contributed by atoms with Crippen LogP contribution >= 0.6 is 0 Å². The molecule has 0 fully saturated rings. The third-order valence-corrected chi connectivity index (χ3v) is 6.93. The Labute approximate surface area is 226 Å². The van der Waals surface area contributed by atoms with Crippen LogP contribution < -0.4 is 10.8 Å². The van der Waals surface area contributed by atoms with E-state index in [-0.39, 0.29) is 5.82 Å². The van der Waals surface area contributed by atoms with Gasteiger partial charge in [-0.1, -0.05) is 106 Å². The van der Waals surface area contributed by atoms with Gasteiger partial charge in [0, 0.05) is 11.7 Å². The Balaban J connectivity index is 0.000000510.